The summed E-state index contributed by atoms with van der Waals surface area (Å²) in [5.74, 6) is 0.891. The van der Waals surface area contributed by atoms with Gasteiger partial charge in [0.1, 0.15) is 5.65 Å². The van der Waals surface area contributed by atoms with Gasteiger partial charge in [0.05, 0.1) is 49.8 Å². The number of likely N-dealkylation sites (tertiary alicyclic amines) is 1. The predicted octanol–water partition coefficient (Wildman–Crippen LogP) is 4.40. The summed E-state index contributed by atoms with van der Waals surface area (Å²) >= 11 is 0. The SMILES string of the molecule is CN=C(Oc1cnc2[nH]c(C)cc2c1F)c1cc(OC)c(OCCCN2CCC3(CC2)COC3)cc1NC. The second-order valence-corrected chi connectivity index (χ2v) is 10.1. The number of benzene rings is 1. The van der Waals surface area contributed by atoms with Gasteiger partial charge in [-0.25, -0.2) is 9.37 Å². The maximum atomic E-state index is 15.1. The highest BCUT2D eigenvalue weighted by molar-refractivity contribution is 6.02. The molecule has 3 aromatic rings. The molecule has 1 aromatic carbocycles. The highest BCUT2D eigenvalue weighted by Gasteiger charge is 2.40. The van der Waals surface area contributed by atoms with Crippen molar-refractivity contribution in [2.75, 3.05) is 66.0 Å². The lowest BCUT2D eigenvalue weighted by Crippen LogP contribution is -2.51. The van der Waals surface area contributed by atoms with Crippen molar-refractivity contribution in [3.63, 3.8) is 0 Å². The molecule has 5 rings (SSSR count). The second kappa shape index (κ2) is 11.2. The number of anilines is 1. The lowest BCUT2D eigenvalue weighted by atomic mass is 9.77. The van der Waals surface area contributed by atoms with Gasteiger partial charge in [-0.1, -0.05) is 0 Å². The van der Waals surface area contributed by atoms with Gasteiger partial charge in [0.15, 0.2) is 23.1 Å². The van der Waals surface area contributed by atoms with E-state index in [2.05, 4.69) is 25.2 Å². The van der Waals surface area contributed by atoms with E-state index >= 15 is 4.39 Å². The zero-order valence-electron chi connectivity index (χ0n) is 22.5. The minimum atomic E-state index is -0.497. The first kappa shape index (κ1) is 26.2. The summed E-state index contributed by atoms with van der Waals surface area (Å²) in [5.41, 5.74) is 3.08. The number of aromatic nitrogens is 2. The van der Waals surface area contributed by atoms with Gasteiger partial charge in [0.2, 0.25) is 5.90 Å². The minimum absolute atomic E-state index is 0.00749. The van der Waals surface area contributed by atoms with Crippen LogP contribution in [0.3, 0.4) is 0 Å². The fourth-order valence-corrected chi connectivity index (χ4v) is 5.17. The number of pyridine rings is 1. The number of halogens is 1. The fraction of sp³-hybridized carbons (Fsp3) is 0.500. The van der Waals surface area contributed by atoms with Crippen molar-refractivity contribution in [2.24, 2.45) is 10.4 Å². The maximum Gasteiger partial charge on any atom is 0.224 e. The van der Waals surface area contributed by atoms with Crippen LogP contribution in [0.2, 0.25) is 0 Å². The molecule has 2 aliphatic rings. The van der Waals surface area contributed by atoms with E-state index in [1.165, 1.54) is 19.0 Å². The van der Waals surface area contributed by atoms with Crippen LogP contribution in [-0.2, 0) is 4.74 Å². The Morgan fingerprint density at radius 1 is 1.21 bits per heavy atom. The highest BCUT2D eigenvalue weighted by atomic mass is 19.1. The molecule has 38 heavy (non-hydrogen) atoms. The topological polar surface area (TPSA) is 93.2 Å². The van der Waals surface area contributed by atoms with Crippen molar-refractivity contribution < 1.29 is 23.3 Å². The number of aromatic amines is 1. The van der Waals surface area contributed by atoms with Gasteiger partial charge in [-0.2, -0.15) is 0 Å². The number of hydrogen-bond donors (Lipinski definition) is 2. The largest absolute Gasteiger partial charge is 0.493 e. The quantitative estimate of drug-likeness (QED) is 0.243. The predicted molar refractivity (Wildman–Crippen MR) is 145 cm³/mol. The smallest absolute Gasteiger partial charge is 0.224 e. The number of ether oxygens (including phenoxy) is 4. The standard InChI is InChI=1S/C28H36FN5O4/c1-18-12-20-25(29)24(15-32-26(20)33-18)38-27(31-3)19-13-22(35-4)23(14-21(19)30-2)37-11-5-8-34-9-6-28(7-10-34)16-36-17-28/h12-15,30H,5-11,16-17H2,1-4H3,(H,32,33). The van der Waals surface area contributed by atoms with Crippen LogP contribution < -0.4 is 19.5 Å². The van der Waals surface area contributed by atoms with Gasteiger partial charge >= 0.3 is 0 Å². The molecule has 9 nitrogen and oxygen atoms in total. The molecule has 0 atom stereocenters. The van der Waals surface area contributed by atoms with Crippen molar-refractivity contribution in [3.8, 4) is 17.2 Å². The molecule has 2 saturated heterocycles. The van der Waals surface area contributed by atoms with Crippen LogP contribution in [0.4, 0.5) is 10.1 Å². The zero-order chi connectivity index (χ0) is 26.7. The van der Waals surface area contributed by atoms with Gasteiger partial charge < -0.3 is 34.1 Å². The number of nitrogens with one attached hydrogen (secondary N) is 2. The molecule has 0 saturated carbocycles. The fourth-order valence-electron chi connectivity index (χ4n) is 5.17. The van der Waals surface area contributed by atoms with Crippen LogP contribution in [0.1, 0.15) is 30.5 Å². The Balaban J connectivity index is 1.25. The Labute approximate surface area is 222 Å². The second-order valence-electron chi connectivity index (χ2n) is 10.1. The van der Waals surface area contributed by atoms with E-state index < -0.39 is 5.82 Å². The monoisotopic (exact) mass is 525 g/mol. The molecule has 0 aliphatic carbocycles. The summed E-state index contributed by atoms with van der Waals surface area (Å²) in [4.78, 5) is 14.1. The molecule has 4 heterocycles. The van der Waals surface area contributed by atoms with Crippen LogP contribution >= 0.6 is 0 Å². The lowest BCUT2D eigenvalue weighted by Gasteiger charge is -2.47. The van der Waals surface area contributed by atoms with Crippen LogP contribution in [0.25, 0.3) is 11.0 Å². The molecule has 2 aromatic heterocycles. The number of piperidine rings is 1. The van der Waals surface area contributed by atoms with Crippen LogP contribution in [-0.4, -0.2) is 81.4 Å². The number of rotatable bonds is 9. The van der Waals surface area contributed by atoms with E-state index in [1.54, 1.807) is 33.3 Å². The molecule has 1 spiro atoms. The van der Waals surface area contributed by atoms with E-state index in [0.717, 1.165) is 50.7 Å². The Hall–Kier alpha value is -3.37. The average molecular weight is 526 g/mol. The molecule has 204 valence electrons. The Morgan fingerprint density at radius 3 is 2.66 bits per heavy atom. The number of methoxy groups -OCH3 is 1. The third-order valence-corrected chi connectivity index (χ3v) is 7.52. The minimum Gasteiger partial charge on any atom is -0.493 e. The Kier molecular flexibility index (Phi) is 7.71. The van der Waals surface area contributed by atoms with Crippen molar-refractivity contribution >= 4 is 22.6 Å². The highest BCUT2D eigenvalue weighted by Crippen LogP contribution is 2.38. The van der Waals surface area contributed by atoms with Crippen molar-refractivity contribution in [3.05, 3.63) is 41.5 Å². The number of nitrogens with zero attached hydrogens (tertiary/aromatic N) is 3. The molecule has 2 aliphatic heterocycles. The van der Waals surface area contributed by atoms with E-state index in [9.17, 15) is 0 Å². The first-order valence-corrected chi connectivity index (χ1v) is 13.1. The summed E-state index contributed by atoms with van der Waals surface area (Å²) in [6.45, 7) is 7.52. The summed E-state index contributed by atoms with van der Waals surface area (Å²) in [6, 6.07) is 5.35. The summed E-state index contributed by atoms with van der Waals surface area (Å²) in [6.07, 6.45) is 4.71. The van der Waals surface area contributed by atoms with Gasteiger partial charge in [-0.3, -0.25) is 4.99 Å². The van der Waals surface area contributed by atoms with Gasteiger partial charge in [-0.05, 0) is 51.4 Å². The van der Waals surface area contributed by atoms with Gasteiger partial charge in [0, 0.05) is 37.8 Å². The number of fused-ring (bicyclic) bond motifs is 1. The van der Waals surface area contributed by atoms with Crippen molar-refractivity contribution in [1.82, 2.24) is 14.9 Å². The van der Waals surface area contributed by atoms with Gasteiger partial charge in [-0.15, -0.1) is 0 Å². The maximum absolute atomic E-state index is 15.1. The molecule has 2 N–H and O–H groups in total. The van der Waals surface area contributed by atoms with Crippen LogP contribution in [0, 0.1) is 18.2 Å². The first-order chi connectivity index (χ1) is 18.4. The average Bonchev–Trinajstić information content (AvgIpc) is 3.31. The van der Waals surface area contributed by atoms with Crippen LogP contribution in [0.5, 0.6) is 17.2 Å². The van der Waals surface area contributed by atoms with Crippen molar-refractivity contribution in [2.45, 2.75) is 26.2 Å². The molecule has 0 bridgehead atoms. The molecular formula is C28H36FN5O4. The van der Waals surface area contributed by atoms with Crippen LogP contribution in [0.15, 0.2) is 29.4 Å². The molecule has 10 heteroatoms. The number of aryl methyl sites for hydroxylation is 1. The lowest BCUT2D eigenvalue weighted by molar-refractivity contribution is -0.139. The number of aliphatic imine (C=N–C) groups is 1. The summed E-state index contributed by atoms with van der Waals surface area (Å²) in [5, 5.41) is 3.53. The van der Waals surface area contributed by atoms with E-state index in [1.807, 2.05) is 13.0 Å². The molecule has 0 radical (unpaired) electrons. The summed E-state index contributed by atoms with van der Waals surface area (Å²) in [7, 11) is 4.99. The van der Waals surface area contributed by atoms with E-state index in [0.29, 0.717) is 40.1 Å². The number of H-pyrrole nitrogens is 1. The van der Waals surface area contributed by atoms with Gasteiger partial charge in [0.25, 0.3) is 0 Å². The third kappa shape index (κ3) is 5.28. The molecule has 0 unspecified atom stereocenters. The first-order valence-electron chi connectivity index (χ1n) is 13.1. The normalized spacial score (nSPS) is 17.4. The zero-order valence-corrected chi connectivity index (χ0v) is 22.5. The number of hydrogen-bond acceptors (Lipinski definition) is 8. The van der Waals surface area contributed by atoms with Crippen molar-refractivity contribution in [1.29, 1.82) is 0 Å². The van der Waals surface area contributed by atoms with E-state index in [4.69, 9.17) is 18.9 Å². The van der Waals surface area contributed by atoms with E-state index in [-0.39, 0.29) is 11.6 Å². The summed E-state index contributed by atoms with van der Waals surface area (Å²) < 4.78 is 38.2. The molecular weight excluding hydrogens is 489 g/mol. The Morgan fingerprint density at radius 2 is 2.00 bits per heavy atom. The Bertz CT molecular complexity index is 1310. The molecule has 2 fully saturated rings. The third-order valence-electron chi connectivity index (χ3n) is 7.52. The molecule has 0 amide bonds.